The maximum atomic E-state index is 11.5. The van der Waals surface area contributed by atoms with Crippen molar-refractivity contribution in [2.75, 3.05) is 6.54 Å². The van der Waals surface area contributed by atoms with Gasteiger partial charge in [-0.2, -0.15) is 0 Å². The van der Waals surface area contributed by atoms with E-state index in [1.165, 1.54) is 57.8 Å². The van der Waals surface area contributed by atoms with Crippen LogP contribution in [0.3, 0.4) is 0 Å². The van der Waals surface area contributed by atoms with Crippen molar-refractivity contribution in [1.82, 2.24) is 0 Å². The summed E-state index contributed by atoms with van der Waals surface area (Å²) >= 11 is 0. The van der Waals surface area contributed by atoms with Gasteiger partial charge in [-0.15, -0.1) is 0 Å². The van der Waals surface area contributed by atoms with Crippen LogP contribution in [0.1, 0.15) is 112 Å². The summed E-state index contributed by atoms with van der Waals surface area (Å²) in [7, 11) is 0. The maximum absolute atomic E-state index is 11.5. The molecule has 0 heterocycles. The zero-order chi connectivity index (χ0) is 22.8. The SMILES string of the molecule is CC(=O)CCC(C)C1CCC2C3CCC4CCCCC4(C)C3C[C@H](N)C12C.CCCN. The highest BCUT2D eigenvalue weighted by molar-refractivity contribution is 5.75. The summed E-state index contributed by atoms with van der Waals surface area (Å²) in [6.07, 6.45) is 15.7. The van der Waals surface area contributed by atoms with Gasteiger partial charge in [0.25, 0.3) is 0 Å². The Bertz CT molecular complexity index is 604. The Balaban J connectivity index is 0.000000628. The van der Waals surface area contributed by atoms with E-state index in [1.54, 1.807) is 6.92 Å². The third-order valence-electron chi connectivity index (χ3n) is 10.8. The van der Waals surface area contributed by atoms with Crippen LogP contribution in [0.25, 0.3) is 0 Å². The molecule has 4 fully saturated rings. The number of nitrogens with two attached hydrogens (primary N) is 2. The van der Waals surface area contributed by atoms with E-state index in [9.17, 15) is 4.79 Å². The second kappa shape index (κ2) is 10.2. The van der Waals surface area contributed by atoms with Crippen molar-refractivity contribution >= 4 is 5.78 Å². The van der Waals surface area contributed by atoms with Crippen molar-refractivity contribution in [2.24, 2.45) is 57.8 Å². The first-order valence-electron chi connectivity index (χ1n) is 13.6. The van der Waals surface area contributed by atoms with Crippen LogP contribution >= 0.6 is 0 Å². The Kier molecular flexibility index (Phi) is 8.33. The molecule has 31 heavy (non-hydrogen) atoms. The van der Waals surface area contributed by atoms with Crippen LogP contribution in [0.2, 0.25) is 0 Å². The van der Waals surface area contributed by atoms with E-state index < -0.39 is 0 Å². The lowest BCUT2D eigenvalue weighted by Gasteiger charge is -2.62. The topological polar surface area (TPSA) is 69.1 Å². The summed E-state index contributed by atoms with van der Waals surface area (Å²) in [5.41, 5.74) is 13.0. The quantitative estimate of drug-likeness (QED) is 0.533. The molecule has 0 aromatic carbocycles. The molecule has 180 valence electrons. The molecule has 0 aromatic rings. The Morgan fingerprint density at radius 2 is 1.77 bits per heavy atom. The van der Waals surface area contributed by atoms with Crippen molar-refractivity contribution in [2.45, 2.75) is 118 Å². The van der Waals surface area contributed by atoms with Crippen LogP contribution in [-0.4, -0.2) is 18.4 Å². The highest BCUT2D eigenvalue weighted by Gasteiger charge is 2.62. The van der Waals surface area contributed by atoms with E-state index in [-0.39, 0.29) is 0 Å². The van der Waals surface area contributed by atoms with Gasteiger partial charge < -0.3 is 16.3 Å². The number of fused-ring (bicyclic) bond motifs is 5. The lowest BCUT2D eigenvalue weighted by molar-refractivity contribution is -0.124. The molecule has 4 rings (SSSR count). The van der Waals surface area contributed by atoms with Gasteiger partial charge in [-0.05, 0) is 118 Å². The maximum Gasteiger partial charge on any atom is 0.129 e. The fourth-order valence-electron chi connectivity index (χ4n) is 8.94. The summed E-state index contributed by atoms with van der Waals surface area (Å²) in [6.45, 7) is 12.2. The van der Waals surface area contributed by atoms with Gasteiger partial charge in [0, 0.05) is 12.5 Å². The Morgan fingerprint density at radius 3 is 2.42 bits per heavy atom. The van der Waals surface area contributed by atoms with Crippen molar-refractivity contribution < 1.29 is 4.79 Å². The molecule has 3 heteroatoms. The molecule has 0 amide bonds. The standard InChI is InChI=1S/C25H43NO.C3H9N/c1-16(8-9-17(2)27)20-12-13-21-19-11-10-18-7-5-6-14-24(18,3)22(19)15-23(26)25(20,21)4;1-2-3-4/h16,18-23H,5-15,26H2,1-4H3;2-4H2,1H3/t16?,18?,19?,20?,21?,22?,23-,24?,25?;/m0./s1. The number of carbonyl (C=O) groups excluding carboxylic acids is 1. The molecule has 0 aliphatic heterocycles. The Labute approximate surface area is 192 Å². The highest BCUT2D eigenvalue weighted by Crippen LogP contribution is 2.68. The first-order chi connectivity index (χ1) is 14.7. The summed E-state index contributed by atoms with van der Waals surface area (Å²) in [6, 6.07) is 0.355. The molecule has 0 saturated heterocycles. The average Bonchev–Trinajstić information content (AvgIpc) is 3.11. The Morgan fingerprint density at radius 1 is 1.06 bits per heavy atom. The molecule has 0 radical (unpaired) electrons. The number of hydrogen-bond donors (Lipinski definition) is 2. The van der Waals surface area contributed by atoms with Crippen molar-refractivity contribution in [3.8, 4) is 0 Å². The fraction of sp³-hybridized carbons (Fsp3) is 0.964. The van der Waals surface area contributed by atoms with Gasteiger partial charge in [0.2, 0.25) is 0 Å². The summed E-state index contributed by atoms with van der Waals surface area (Å²) in [5.74, 6) is 5.28. The minimum atomic E-state index is 0.301. The van der Waals surface area contributed by atoms with Gasteiger partial charge in [0.05, 0.1) is 0 Å². The van der Waals surface area contributed by atoms with E-state index in [0.717, 1.165) is 55.4 Å². The lowest BCUT2D eigenvalue weighted by atomic mass is 9.43. The molecule has 0 spiro atoms. The van der Waals surface area contributed by atoms with Crippen LogP contribution in [0, 0.1) is 46.3 Å². The van der Waals surface area contributed by atoms with Crippen molar-refractivity contribution in [3.05, 3.63) is 0 Å². The fourth-order valence-corrected chi connectivity index (χ4v) is 8.94. The molecule has 9 atom stereocenters. The third-order valence-corrected chi connectivity index (χ3v) is 10.8. The number of carbonyl (C=O) groups is 1. The molecule has 4 aliphatic carbocycles. The second-order valence-corrected chi connectivity index (χ2v) is 12.3. The third kappa shape index (κ3) is 4.65. The lowest BCUT2D eigenvalue weighted by Crippen LogP contribution is -2.60. The van der Waals surface area contributed by atoms with Crippen LogP contribution in [0.4, 0.5) is 0 Å². The molecular formula is C28H52N2O. The molecule has 0 aromatic heterocycles. The molecular weight excluding hydrogens is 380 g/mol. The van der Waals surface area contributed by atoms with Crippen LogP contribution in [-0.2, 0) is 4.79 Å². The summed E-state index contributed by atoms with van der Waals surface area (Å²) in [5, 5.41) is 0. The van der Waals surface area contributed by atoms with Crippen LogP contribution < -0.4 is 11.5 Å². The smallest absolute Gasteiger partial charge is 0.129 e. The summed E-state index contributed by atoms with van der Waals surface area (Å²) < 4.78 is 0. The van der Waals surface area contributed by atoms with Crippen molar-refractivity contribution in [1.29, 1.82) is 0 Å². The number of Topliss-reactive ketones (excluding diaryl/α,β-unsaturated/α-hetero) is 1. The van der Waals surface area contributed by atoms with Gasteiger partial charge in [-0.1, -0.05) is 40.5 Å². The highest BCUT2D eigenvalue weighted by atomic mass is 16.1. The normalized spacial score (nSPS) is 44.9. The van der Waals surface area contributed by atoms with Crippen LogP contribution in [0.5, 0.6) is 0 Å². The first-order valence-corrected chi connectivity index (χ1v) is 13.6. The van der Waals surface area contributed by atoms with Crippen molar-refractivity contribution in [3.63, 3.8) is 0 Å². The van der Waals surface area contributed by atoms with E-state index in [2.05, 4.69) is 27.7 Å². The predicted octanol–water partition coefficient (Wildman–Crippen LogP) is 6.33. The average molecular weight is 433 g/mol. The minimum Gasteiger partial charge on any atom is -0.330 e. The zero-order valence-corrected chi connectivity index (χ0v) is 21.3. The minimum absolute atomic E-state index is 0.301. The molecule has 4 aliphatic rings. The monoisotopic (exact) mass is 432 g/mol. The first kappa shape index (κ1) is 25.2. The molecule has 4 N–H and O–H groups in total. The molecule has 3 nitrogen and oxygen atoms in total. The van der Waals surface area contributed by atoms with Gasteiger partial charge in [-0.25, -0.2) is 0 Å². The van der Waals surface area contributed by atoms with Gasteiger partial charge in [0.15, 0.2) is 0 Å². The van der Waals surface area contributed by atoms with E-state index in [4.69, 9.17) is 11.5 Å². The zero-order valence-electron chi connectivity index (χ0n) is 21.3. The number of ketones is 1. The summed E-state index contributed by atoms with van der Waals surface area (Å²) in [4.78, 5) is 11.5. The number of rotatable bonds is 5. The molecule has 8 unspecified atom stereocenters. The van der Waals surface area contributed by atoms with E-state index in [1.807, 2.05) is 0 Å². The van der Waals surface area contributed by atoms with E-state index in [0.29, 0.717) is 28.6 Å². The largest absolute Gasteiger partial charge is 0.330 e. The second-order valence-electron chi connectivity index (χ2n) is 12.3. The molecule has 0 bridgehead atoms. The van der Waals surface area contributed by atoms with Gasteiger partial charge in [0.1, 0.15) is 5.78 Å². The number of hydrogen-bond acceptors (Lipinski definition) is 3. The Hall–Kier alpha value is -0.410. The molecule has 4 saturated carbocycles. The van der Waals surface area contributed by atoms with Gasteiger partial charge >= 0.3 is 0 Å². The van der Waals surface area contributed by atoms with E-state index >= 15 is 0 Å². The van der Waals surface area contributed by atoms with Crippen LogP contribution in [0.15, 0.2) is 0 Å². The van der Waals surface area contributed by atoms with Gasteiger partial charge in [-0.3, -0.25) is 0 Å². The predicted molar refractivity (Wildman–Crippen MR) is 132 cm³/mol.